The minimum atomic E-state index is -0.421. The van der Waals surface area contributed by atoms with Gasteiger partial charge in [0.2, 0.25) is 11.8 Å². The van der Waals surface area contributed by atoms with E-state index in [1.807, 2.05) is 6.92 Å². The molecule has 2 amide bonds. The molecule has 1 aromatic rings. The zero-order valence-electron chi connectivity index (χ0n) is 11.6. The number of carbonyl (C=O) groups excluding carboxylic acids is 2. The second-order valence-electron chi connectivity index (χ2n) is 4.29. The fourth-order valence-electron chi connectivity index (χ4n) is 1.53. The summed E-state index contributed by atoms with van der Waals surface area (Å²) in [5.74, 6) is -0.0303. The third-order valence-corrected chi connectivity index (χ3v) is 2.48. The summed E-state index contributed by atoms with van der Waals surface area (Å²) >= 11 is 0. The number of primary amides is 1. The van der Waals surface area contributed by atoms with Gasteiger partial charge in [-0.05, 0) is 25.1 Å². The van der Waals surface area contributed by atoms with Crippen molar-refractivity contribution >= 4 is 17.5 Å². The molecule has 0 aliphatic carbocycles. The minimum Gasteiger partial charge on any atom is -0.491 e. The number of ether oxygens (including phenoxy) is 1. The first-order chi connectivity index (χ1) is 9.63. The molecule has 6 heteroatoms. The van der Waals surface area contributed by atoms with E-state index in [0.29, 0.717) is 11.4 Å². The van der Waals surface area contributed by atoms with Crippen molar-refractivity contribution in [1.82, 2.24) is 5.32 Å². The predicted molar refractivity (Wildman–Crippen MR) is 77.5 cm³/mol. The van der Waals surface area contributed by atoms with Crippen LogP contribution in [0.15, 0.2) is 24.3 Å². The second-order valence-corrected chi connectivity index (χ2v) is 4.29. The topological polar surface area (TPSA) is 93.4 Å². The van der Waals surface area contributed by atoms with Crippen LogP contribution in [-0.4, -0.2) is 31.5 Å². The van der Waals surface area contributed by atoms with Gasteiger partial charge in [-0.25, -0.2) is 0 Å². The van der Waals surface area contributed by atoms with Crippen molar-refractivity contribution in [3.63, 3.8) is 0 Å². The zero-order valence-corrected chi connectivity index (χ0v) is 11.6. The van der Waals surface area contributed by atoms with E-state index in [-0.39, 0.29) is 25.5 Å². The molecule has 0 radical (unpaired) electrons. The van der Waals surface area contributed by atoms with Crippen molar-refractivity contribution in [2.75, 3.05) is 25.0 Å². The van der Waals surface area contributed by atoms with Gasteiger partial charge in [0.1, 0.15) is 5.75 Å². The maximum Gasteiger partial charge on any atom is 0.238 e. The molecule has 0 aromatic heterocycles. The van der Waals surface area contributed by atoms with E-state index >= 15 is 0 Å². The van der Waals surface area contributed by atoms with Crippen LogP contribution in [0.25, 0.3) is 0 Å². The summed E-state index contributed by atoms with van der Waals surface area (Å²) in [6.07, 6.45) is 1.11. The van der Waals surface area contributed by atoms with Gasteiger partial charge in [0.25, 0.3) is 0 Å². The van der Waals surface area contributed by atoms with Crippen molar-refractivity contribution < 1.29 is 14.3 Å². The van der Waals surface area contributed by atoms with Gasteiger partial charge in [-0.15, -0.1) is 0 Å². The monoisotopic (exact) mass is 279 g/mol. The van der Waals surface area contributed by atoms with E-state index in [0.717, 1.165) is 13.0 Å². The van der Waals surface area contributed by atoms with Gasteiger partial charge >= 0.3 is 0 Å². The molecule has 20 heavy (non-hydrogen) atoms. The molecule has 0 spiro atoms. The highest BCUT2D eigenvalue weighted by atomic mass is 16.5. The Morgan fingerprint density at radius 2 is 2.05 bits per heavy atom. The molecule has 0 saturated heterocycles. The average molecular weight is 279 g/mol. The van der Waals surface area contributed by atoms with Crippen LogP contribution in [0.2, 0.25) is 0 Å². The number of benzene rings is 1. The van der Waals surface area contributed by atoms with E-state index in [4.69, 9.17) is 10.5 Å². The van der Waals surface area contributed by atoms with Gasteiger partial charge in [0, 0.05) is 0 Å². The molecule has 0 atom stereocenters. The standard InChI is InChI=1S/C14H21N3O3/c1-2-8-16-10-14(19)17-11-5-3-4-6-12(11)20-9-7-13(15)18/h3-6,16H,2,7-10H2,1H3,(H2,15,18)(H,17,19). The number of hydrogen-bond donors (Lipinski definition) is 3. The largest absolute Gasteiger partial charge is 0.491 e. The Morgan fingerprint density at radius 3 is 2.75 bits per heavy atom. The van der Waals surface area contributed by atoms with Crippen molar-refractivity contribution in [2.24, 2.45) is 5.73 Å². The van der Waals surface area contributed by atoms with E-state index in [1.165, 1.54) is 0 Å². The first kappa shape index (κ1) is 16.0. The first-order valence-electron chi connectivity index (χ1n) is 6.64. The highest BCUT2D eigenvalue weighted by Crippen LogP contribution is 2.23. The number of amides is 2. The highest BCUT2D eigenvalue weighted by molar-refractivity contribution is 5.93. The molecule has 1 rings (SSSR count). The molecule has 0 heterocycles. The maximum atomic E-state index is 11.7. The minimum absolute atomic E-state index is 0.135. The Hall–Kier alpha value is -2.08. The number of nitrogens with one attached hydrogen (secondary N) is 2. The molecule has 0 fully saturated rings. The van der Waals surface area contributed by atoms with Crippen LogP contribution >= 0.6 is 0 Å². The fourth-order valence-corrected chi connectivity index (χ4v) is 1.53. The van der Waals surface area contributed by atoms with Crippen LogP contribution in [0, 0.1) is 0 Å². The summed E-state index contributed by atoms with van der Waals surface area (Å²) < 4.78 is 5.44. The van der Waals surface area contributed by atoms with E-state index in [2.05, 4.69) is 10.6 Å². The van der Waals surface area contributed by atoms with Crippen LogP contribution in [0.3, 0.4) is 0 Å². The summed E-state index contributed by atoms with van der Waals surface area (Å²) in [4.78, 5) is 22.4. The fraction of sp³-hybridized carbons (Fsp3) is 0.429. The van der Waals surface area contributed by atoms with Crippen LogP contribution in [-0.2, 0) is 9.59 Å². The van der Waals surface area contributed by atoms with Crippen molar-refractivity contribution in [1.29, 1.82) is 0 Å². The normalized spacial score (nSPS) is 10.1. The Morgan fingerprint density at radius 1 is 1.30 bits per heavy atom. The summed E-state index contributed by atoms with van der Waals surface area (Å²) in [7, 11) is 0. The molecule has 6 nitrogen and oxygen atoms in total. The van der Waals surface area contributed by atoms with Gasteiger partial charge in [-0.2, -0.15) is 0 Å². The maximum absolute atomic E-state index is 11.7. The Balaban J connectivity index is 2.51. The lowest BCUT2D eigenvalue weighted by Crippen LogP contribution is -2.28. The SMILES string of the molecule is CCCNCC(=O)Nc1ccccc1OCCC(N)=O. The lowest BCUT2D eigenvalue weighted by atomic mass is 10.3. The molecule has 0 aliphatic rings. The van der Waals surface area contributed by atoms with Gasteiger partial charge in [0.05, 0.1) is 25.3 Å². The third-order valence-electron chi connectivity index (χ3n) is 2.48. The number of anilines is 1. The third kappa shape index (κ3) is 6.19. The lowest BCUT2D eigenvalue weighted by Gasteiger charge is -2.12. The first-order valence-corrected chi connectivity index (χ1v) is 6.64. The molecule has 4 N–H and O–H groups in total. The van der Waals surface area contributed by atoms with Crippen LogP contribution in [0.4, 0.5) is 5.69 Å². The predicted octanol–water partition coefficient (Wildman–Crippen LogP) is 0.879. The number of carbonyl (C=O) groups is 2. The van der Waals surface area contributed by atoms with Crippen molar-refractivity contribution in [3.05, 3.63) is 24.3 Å². The summed E-state index contributed by atoms with van der Waals surface area (Å²) in [5.41, 5.74) is 5.63. The van der Waals surface area contributed by atoms with Crippen molar-refractivity contribution in [3.8, 4) is 5.75 Å². The Labute approximate surface area is 118 Å². The zero-order chi connectivity index (χ0) is 14.8. The highest BCUT2D eigenvalue weighted by Gasteiger charge is 2.07. The quantitative estimate of drug-likeness (QED) is 0.585. The van der Waals surface area contributed by atoms with Gasteiger partial charge in [-0.3, -0.25) is 9.59 Å². The Bertz CT molecular complexity index is 449. The molecule has 0 aliphatic heterocycles. The van der Waals surface area contributed by atoms with Gasteiger partial charge < -0.3 is 21.1 Å². The Kier molecular flexibility index (Phi) is 7.13. The summed E-state index contributed by atoms with van der Waals surface area (Å²) in [6, 6.07) is 7.08. The molecular formula is C14H21N3O3. The summed E-state index contributed by atoms with van der Waals surface area (Å²) in [6.45, 7) is 3.27. The molecule has 0 saturated carbocycles. The number of rotatable bonds is 9. The molecule has 1 aromatic carbocycles. The second kappa shape index (κ2) is 8.92. The molecule has 0 unspecified atom stereocenters. The van der Waals surface area contributed by atoms with Crippen molar-refractivity contribution in [2.45, 2.75) is 19.8 Å². The summed E-state index contributed by atoms with van der Waals surface area (Å²) in [5, 5.41) is 5.78. The average Bonchev–Trinajstić information content (AvgIpc) is 2.40. The number of hydrogen-bond acceptors (Lipinski definition) is 4. The van der Waals surface area contributed by atoms with Crippen LogP contribution < -0.4 is 21.1 Å². The van der Waals surface area contributed by atoms with Crippen LogP contribution in [0.1, 0.15) is 19.8 Å². The van der Waals surface area contributed by atoms with E-state index in [9.17, 15) is 9.59 Å². The van der Waals surface area contributed by atoms with E-state index < -0.39 is 5.91 Å². The molecular weight excluding hydrogens is 258 g/mol. The number of nitrogens with two attached hydrogens (primary N) is 1. The molecule has 110 valence electrons. The lowest BCUT2D eigenvalue weighted by molar-refractivity contribution is -0.118. The van der Waals surface area contributed by atoms with Gasteiger partial charge in [-0.1, -0.05) is 19.1 Å². The van der Waals surface area contributed by atoms with Crippen LogP contribution in [0.5, 0.6) is 5.75 Å². The van der Waals surface area contributed by atoms with E-state index in [1.54, 1.807) is 24.3 Å². The molecule has 0 bridgehead atoms. The smallest absolute Gasteiger partial charge is 0.238 e. The van der Waals surface area contributed by atoms with Gasteiger partial charge in [0.15, 0.2) is 0 Å². The number of para-hydroxylation sites is 2.